The number of piperidine rings is 2. The van der Waals surface area contributed by atoms with E-state index in [1.807, 2.05) is 29.2 Å². The van der Waals surface area contributed by atoms with E-state index in [0.717, 1.165) is 38.0 Å². The summed E-state index contributed by atoms with van der Waals surface area (Å²) in [5.41, 5.74) is 1.91. The van der Waals surface area contributed by atoms with Gasteiger partial charge in [-0.2, -0.15) is 5.26 Å². The van der Waals surface area contributed by atoms with Crippen LogP contribution in [0.2, 0.25) is 0 Å². The van der Waals surface area contributed by atoms with Crippen molar-refractivity contribution in [3.63, 3.8) is 0 Å². The van der Waals surface area contributed by atoms with Crippen LogP contribution < -0.4 is 0 Å². The van der Waals surface area contributed by atoms with Crippen molar-refractivity contribution in [1.82, 2.24) is 9.80 Å². The lowest BCUT2D eigenvalue weighted by Gasteiger charge is -2.51. The summed E-state index contributed by atoms with van der Waals surface area (Å²) >= 11 is 0. The number of hydrogen-bond donors (Lipinski definition) is 1. The summed E-state index contributed by atoms with van der Waals surface area (Å²) in [4.78, 5) is 17.1. The van der Waals surface area contributed by atoms with E-state index in [0.29, 0.717) is 30.6 Å². The Hall–Kier alpha value is -2.75. The fraction of sp³-hybridized carbons (Fsp3) is 0.417. The number of amides is 1. The van der Waals surface area contributed by atoms with Crippen LogP contribution in [0, 0.1) is 22.6 Å². The summed E-state index contributed by atoms with van der Waals surface area (Å²) in [6.45, 7) is 3.44. The molecule has 0 saturated carbocycles. The van der Waals surface area contributed by atoms with Gasteiger partial charge in [-0.15, -0.1) is 0 Å². The molecule has 0 radical (unpaired) electrons. The van der Waals surface area contributed by atoms with Crippen molar-refractivity contribution >= 4 is 5.91 Å². The van der Waals surface area contributed by atoms with Crippen molar-refractivity contribution < 1.29 is 14.3 Å². The second-order valence-electron chi connectivity index (χ2n) is 8.52. The average molecular weight is 407 g/mol. The van der Waals surface area contributed by atoms with Crippen LogP contribution in [0.4, 0.5) is 4.39 Å². The third-order valence-corrected chi connectivity index (χ3v) is 6.44. The number of carbonyl (C=O) groups is 1. The van der Waals surface area contributed by atoms with Gasteiger partial charge in [0.1, 0.15) is 5.82 Å². The van der Waals surface area contributed by atoms with Gasteiger partial charge in [-0.1, -0.05) is 12.1 Å². The van der Waals surface area contributed by atoms with E-state index in [-0.39, 0.29) is 17.1 Å². The number of aliphatic hydroxyl groups excluding tert-OH is 1. The van der Waals surface area contributed by atoms with Gasteiger partial charge >= 0.3 is 0 Å². The minimum Gasteiger partial charge on any atom is -0.392 e. The van der Waals surface area contributed by atoms with Gasteiger partial charge in [0.25, 0.3) is 5.91 Å². The Morgan fingerprint density at radius 2 is 1.87 bits per heavy atom. The predicted octanol–water partition coefficient (Wildman–Crippen LogP) is 3.19. The summed E-state index contributed by atoms with van der Waals surface area (Å²) in [7, 11) is 0. The van der Waals surface area contributed by atoms with Crippen molar-refractivity contribution in [2.45, 2.75) is 31.9 Å². The maximum Gasteiger partial charge on any atom is 0.253 e. The zero-order chi connectivity index (χ0) is 21.1. The second kappa shape index (κ2) is 8.55. The summed E-state index contributed by atoms with van der Waals surface area (Å²) in [6.07, 6.45) is 1.95. The van der Waals surface area contributed by atoms with E-state index in [1.165, 1.54) is 24.3 Å². The van der Waals surface area contributed by atoms with Gasteiger partial charge in [0.05, 0.1) is 17.7 Å². The number of nitriles is 1. The highest BCUT2D eigenvalue weighted by molar-refractivity contribution is 5.94. The second-order valence-corrected chi connectivity index (χ2v) is 8.52. The Morgan fingerprint density at radius 3 is 2.57 bits per heavy atom. The molecule has 1 amide bonds. The third kappa shape index (κ3) is 4.23. The van der Waals surface area contributed by atoms with Crippen molar-refractivity contribution in [1.29, 1.82) is 5.26 Å². The normalized spacial score (nSPS) is 24.6. The van der Waals surface area contributed by atoms with Crippen LogP contribution in [-0.4, -0.2) is 53.1 Å². The quantitative estimate of drug-likeness (QED) is 0.849. The summed E-state index contributed by atoms with van der Waals surface area (Å²) in [5.74, 6) is -0.465. The molecule has 1 N–H and O–H groups in total. The van der Waals surface area contributed by atoms with E-state index in [9.17, 15) is 14.3 Å². The lowest BCUT2D eigenvalue weighted by molar-refractivity contribution is -0.0805. The molecule has 0 aliphatic carbocycles. The number of rotatable bonds is 3. The van der Waals surface area contributed by atoms with Crippen LogP contribution >= 0.6 is 0 Å². The predicted molar refractivity (Wildman–Crippen MR) is 111 cm³/mol. The molecule has 5 nitrogen and oxygen atoms in total. The highest BCUT2D eigenvalue weighted by atomic mass is 19.1. The first-order valence-corrected chi connectivity index (χ1v) is 10.4. The minimum atomic E-state index is -0.446. The third-order valence-electron chi connectivity index (χ3n) is 6.44. The van der Waals surface area contributed by atoms with E-state index in [1.54, 1.807) is 0 Å². The first kappa shape index (κ1) is 20.5. The highest BCUT2D eigenvalue weighted by Crippen LogP contribution is 2.39. The lowest BCUT2D eigenvalue weighted by Crippen LogP contribution is -2.59. The molecule has 2 aliphatic heterocycles. The molecular weight excluding hydrogens is 381 g/mol. The molecule has 0 unspecified atom stereocenters. The van der Waals surface area contributed by atoms with E-state index >= 15 is 0 Å². The van der Waals surface area contributed by atoms with E-state index in [2.05, 4.69) is 11.0 Å². The van der Waals surface area contributed by atoms with Crippen LogP contribution in [-0.2, 0) is 6.54 Å². The maximum atomic E-state index is 13.2. The van der Waals surface area contributed by atoms with Crippen molar-refractivity contribution in [3.8, 4) is 6.07 Å². The molecule has 1 spiro atoms. The summed E-state index contributed by atoms with van der Waals surface area (Å²) in [5, 5.41) is 19.9. The molecule has 156 valence electrons. The van der Waals surface area contributed by atoms with Gasteiger partial charge in [0.2, 0.25) is 0 Å². The highest BCUT2D eigenvalue weighted by Gasteiger charge is 2.46. The van der Waals surface area contributed by atoms with E-state index < -0.39 is 6.10 Å². The smallest absolute Gasteiger partial charge is 0.253 e. The molecular formula is C24H26FN3O2. The fourth-order valence-electron chi connectivity index (χ4n) is 4.83. The summed E-state index contributed by atoms with van der Waals surface area (Å²) in [6, 6.07) is 15.4. The molecule has 0 bridgehead atoms. The van der Waals surface area contributed by atoms with Crippen LogP contribution in [0.15, 0.2) is 48.5 Å². The number of benzene rings is 2. The zero-order valence-corrected chi connectivity index (χ0v) is 16.9. The Bertz CT molecular complexity index is 938. The molecule has 0 aromatic heterocycles. The topological polar surface area (TPSA) is 67.6 Å². The zero-order valence-electron chi connectivity index (χ0n) is 16.9. The molecule has 2 aromatic carbocycles. The molecule has 2 aliphatic rings. The largest absolute Gasteiger partial charge is 0.392 e. The Labute approximate surface area is 176 Å². The SMILES string of the molecule is N#Cc1ccc(CN2CC[C@@H](O)[C@]3(CCCN(C(=O)c4ccc(F)cc4)C3)C2)cc1. The Kier molecular flexibility index (Phi) is 5.85. The molecule has 6 heteroatoms. The number of carbonyl (C=O) groups excluding carboxylic acids is 1. The standard InChI is InChI=1S/C24H26FN3O2/c25-21-8-6-20(7-9-21)23(30)28-12-1-11-24(17-28)16-27(13-10-22(24)29)15-19-4-2-18(14-26)3-5-19/h2-9,22,29H,1,10-13,15-17H2/t22-,24-/m1/s1. The van der Waals surface area contributed by atoms with Gasteiger partial charge < -0.3 is 10.0 Å². The number of aliphatic hydroxyl groups is 1. The number of likely N-dealkylation sites (tertiary alicyclic amines) is 2. The summed E-state index contributed by atoms with van der Waals surface area (Å²) < 4.78 is 13.2. The number of nitrogens with zero attached hydrogens (tertiary/aromatic N) is 3. The molecule has 30 heavy (non-hydrogen) atoms. The van der Waals surface area contributed by atoms with E-state index in [4.69, 9.17) is 5.26 Å². The Morgan fingerprint density at radius 1 is 1.13 bits per heavy atom. The molecule has 2 heterocycles. The molecule has 2 saturated heterocycles. The number of hydrogen-bond acceptors (Lipinski definition) is 4. The molecule has 2 aromatic rings. The minimum absolute atomic E-state index is 0.106. The van der Waals surface area contributed by atoms with Gasteiger partial charge in [0, 0.05) is 43.7 Å². The molecule has 2 fully saturated rings. The molecule has 4 rings (SSSR count). The van der Waals surface area contributed by atoms with Crippen molar-refractivity contribution in [2.75, 3.05) is 26.2 Å². The monoisotopic (exact) mass is 407 g/mol. The van der Waals surface area contributed by atoms with Gasteiger partial charge in [0.15, 0.2) is 0 Å². The Balaban J connectivity index is 1.47. The van der Waals surface area contributed by atoms with Gasteiger partial charge in [-0.05, 0) is 61.2 Å². The fourth-order valence-corrected chi connectivity index (χ4v) is 4.83. The van der Waals surface area contributed by atoms with Gasteiger partial charge in [-0.25, -0.2) is 4.39 Å². The van der Waals surface area contributed by atoms with Crippen LogP contribution in [0.5, 0.6) is 0 Å². The first-order chi connectivity index (χ1) is 14.5. The van der Waals surface area contributed by atoms with Crippen molar-refractivity contribution in [3.05, 3.63) is 71.0 Å². The van der Waals surface area contributed by atoms with Crippen molar-refractivity contribution in [2.24, 2.45) is 5.41 Å². The van der Waals surface area contributed by atoms with Crippen LogP contribution in [0.25, 0.3) is 0 Å². The van der Waals surface area contributed by atoms with Crippen LogP contribution in [0.1, 0.15) is 40.7 Å². The lowest BCUT2D eigenvalue weighted by atomic mass is 9.71. The number of halogens is 1. The van der Waals surface area contributed by atoms with Crippen LogP contribution in [0.3, 0.4) is 0 Å². The average Bonchev–Trinajstić information content (AvgIpc) is 2.77. The first-order valence-electron chi connectivity index (χ1n) is 10.4. The maximum absolute atomic E-state index is 13.2. The molecule has 2 atom stereocenters. The van der Waals surface area contributed by atoms with Gasteiger partial charge in [-0.3, -0.25) is 9.69 Å².